The first-order chi connectivity index (χ1) is 14.6. The van der Waals surface area contributed by atoms with Gasteiger partial charge in [0.25, 0.3) is 0 Å². The Hall–Kier alpha value is -3.06. The van der Waals surface area contributed by atoms with Gasteiger partial charge < -0.3 is 10.3 Å². The van der Waals surface area contributed by atoms with Crippen molar-refractivity contribution in [3.63, 3.8) is 0 Å². The summed E-state index contributed by atoms with van der Waals surface area (Å²) < 4.78 is 2.05. The highest BCUT2D eigenvalue weighted by molar-refractivity contribution is 8.00. The molecule has 4 aromatic rings. The summed E-state index contributed by atoms with van der Waals surface area (Å²) in [5.74, 6) is 0.810. The van der Waals surface area contributed by atoms with E-state index < -0.39 is 0 Å². The highest BCUT2D eigenvalue weighted by Crippen LogP contribution is 2.34. The summed E-state index contributed by atoms with van der Waals surface area (Å²) in [6.45, 7) is 3.99. The molecule has 30 heavy (non-hydrogen) atoms. The fraction of sp³-hybridized carbons (Fsp3) is 0.261. The van der Waals surface area contributed by atoms with Gasteiger partial charge in [0.05, 0.1) is 5.25 Å². The topological polar surface area (TPSA) is 75.6 Å². The van der Waals surface area contributed by atoms with Crippen LogP contribution in [0.2, 0.25) is 0 Å². The van der Waals surface area contributed by atoms with Crippen molar-refractivity contribution in [3.05, 3.63) is 60.3 Å². The molecule has 2 aromatic carbocycles. The lowest BCUT2D eigenvalue weighted by molar-refractivity contribution is -0.120. The maximum Gasteiger partial charge on any atom is 0.233 e. The molecule has 0 aliphatic heterocycles. The molecule has 0 radical (unpaired) electrons. The predicted molar refractivity (Wildman–Crippen MR) is 120 cm³/mol. The monoisotopic (exact) mass is 417 g/mol. The highest BCUT2D eigenvalue weighted by atomic mass is 32.2. The van der Waals surface area contributed by atoms with Crippen molar-refractivity contribution in [1.82, 2.24) is 25.1 Å². The van der Waals surface area contributed by atoms with Gasteiger partial charge in [-0.05, 0) is 50.5 Å². The molecule has 0 spiro atoms. The van der Waals surface area contributed by atoms with Gasteiger partial charge in [0.1, 0.15) is 0 Å². The van der Waals surface area contributed by atoms with Crippen LogP contribution in [0.3, 0.4) is 0 Å². The Balaban J connectivity index is 1.58. The van der Waals surface area contributed by atoms with Crippen molar-refractivity contribution in [2.45, 2.75) is 43.1 Å². The minimum atomic E-state index is -0.255. The minimum Gasteiger partial charge on any atom is -0.360 e. The van der Waals surface area contributed by atoms with Crippen molar-refractivity contribution < 1.29 is 4.79 Å². The number of fused-ring (bicyclic) bond motifs is 1. The molecule has 7 heteroatoms. The number of thioether (sulfide) groups is 1. The van der Waals surface area contributed by atoms with Gasteiger partial charge in [-0.25, -0.2) is 0 Å². The highest BCUT2D eigenvalue weighted by Gasteiger charge is 2.28. The molecule has 1 aliphatic rings. The van der Waals surface area contributed by atoms with E-state index in [2.05, 4.69) is 45.6 Å². The number of amides is 1. The third kappa shape index (κ3) is 3.61. The Morgan fingerprint density at radius 1 is 1.20 bits per heavy atom. The van der Waals surface area contributed by atoms with Crippen LogP contribution in [0.25, 0.3) is 28.0 Å². The van der Waals surface area contributed by atoms with Crippen LogP contribution in [-0.4, -0.2) is 36.9 Å². The quantitative estimate of drug-likeness (QED) is 0.454. The number of aromatic nitrogens is 4. The minimum absolute atomic E-state index is 0.0509. The lowest BCUT2D eigenvalue weighted by atomic mass is 10.1. The third-order valence-corrected chi connectivity index (χ3v) is 6.34. The third-order valence-electron chi connectivity index (χ3n) is 5.30. The molecule has 1 aliphatic carbocycles. The van der Waals surface area contributed by atoms with Gasteiger partial charge in [-0.2, -0.15) is 0 Å². The van der Waals surface area contributed by atoms with E-state index in [4.69, 9.17) is 0 Å². The number of aryl methyl sites for hydroxylation is 1. The van der Waals surface area contributed by atoms with E-state index in [1.165, 1.54) is 11.8 Å². The molecule has 152 valence electrons. The molecule has 1 unspecified atom stereocenters. The van der Waals surface area contributed by atoms with Crippen molar-refractivity contribution >= 4 is 28.6 Å². The molecular weight excluding hydrogens is 394 g/mol. The van der Waals surface area contributed by atoms with Crippen molar-refractivity contribution in [3.8, 4) is 17.1 Å². The van der Waals surface area contributed by atoms with Crippen LogP contribution < -0.4 is 5.32 Å². The summed E-state index contributed by atoms with van der Waals surface area (Å²) in [6.07, 6.45) is 4.12. The van der Waals surface area contributed by atoms with E-state index in [1.807, 2.05) is 48.0 Å². The van der Waals surface area contributed by atoms with Crippen LogP contribution >= 0.6 is 11.8 Å². The van der Waals surface area contributed by atoms with Gasteiger partial charge in [0.15, 0.2) is 11.0 Å². The average Bonchev–Trinajstić information content (AvgIpc) is 3.30. The molecule has 1 atom stereocenters. The van der Waals surface area contributed by atoms with E-state index >= 15 is 0 Å². The van der Waals surface area contributed by atoms with Crippen LogP contribution in [0.15, 0.2) is 59.9 Å². The summed E-state index contributed by atoms with van der Waals surface area (Å²) in [4.78, 5) is 15.8. The first-order valence-electron chi connectivity index (χ1n) is 10.2. The summed E-state index contributed by atoms with van der Waals surface area (Å²) in [5, 5.41) is 13.6. The number of para-hydroxylation sites is 1. The fourth-order valence-electron chi connectivity index (χ4n) is 3.53. The second-order valence-corrected chi connectivity index (χ2v) is 9.08. The van der Waals surface area contributed by atoms with Gasteiger partial charge in [0, 0.05) is 34.4 Å². The van der Waals surface area contributed by atoms with Crippen LogP contribution in [0.4, 0.5) is 0 Å². The molecule has 0 saturated heterocycles. The van der Waals surface area contributed by atoms with Crippen LogP contribution in [0.5, 0.6) is 0 Å². The lowest BCUT2D eigenvalue weighted by Gasteiger charge is -2.14. The Bertz CT molecular complexity index is 1220. The zero-order chi connectivity index (χ0) is 20.7. The lowest BCUT2D eigenvalue weighted by Crippen LogP contribution is -2.32. The van der Waals surface area contributed by atoms with Crippen molar-refractivity contribution in [1.29, 1.82) is 0 Å². The number of hydrogen-bond acceptors (Lipinski definition) is 4. The standard InChI is InChI=1S/C23H23N5OS/c1-14-6-5-7-17(12-14)28-21(19-13-24-20-9-4-3-8-18(19)20)26-27-23(28)30-15(2)22(29)25-16-10-11-16/h3-9,12-13,15-16,24H,10-11H2,1-2H3,(H,25,29). The number of benzene rings is 2. The largest absolute Gasteiger partial charge is 0.360 e. The number of hydrogen-bond donors (Lipinski definition) is 2. The molecule has 2 heterocycles. The summed E-state index contributed by atoms with van der Waals surface area (Å²) in [6, 6.07) is 16.8. The SMILES string of the molecule is Cc1cccc(-n2c(SC(C)C(=O)NC3CC3)nnc2-c2c[nH]c3ccccc23)c1. The molecule has 6 nitrogen and oxygen atoms in total. The molecule has 0 bridgehead atoms. The van der Waals surface area contributed by atoms with E-state index in [0.29, 0.717) is 11.2 Å². The Labute approximate surface area is 179 Å². The van der Waals surface area contributed by atoms with Crippen LogP contribution in [0, 0.1) is 6.92 Å². The molecule has 2 aromatic heterocycles. The van der Waals surface area contributed by atoms with Gasteiger partial charge >= 0.3 is 0 Å². The molecule has 1 amide bonds. The zero-order valence-electron chi connectivity index (χ0n) is 16.9. The maximum atomic E-state index is 12.5. The first kappa shape index (κ1) is 18.9. The smallest absolute Gasteiger partial charge is 0.233 e. The summed E-state index contributed by atoms with van der Waals surface area (Å²) >= 11 is 1.44. The fourth-order valence-corrected chi connectivity index (χ4v) is 4.41. The number of nitrogens with zero attached hydrogens (tertiary/aromatic N) is 3. The zero-order valence-corrected chi connectivity index (χ0v) is 17.7. The molecule has 2 N–H and O–H groups in total. The number of carbonyl (C=O) groups excluding carboxylic acids is 1. The van der Waals surface area contributed by atoms with E-state index in [9.17, 15) is 4.79 Å². The predicted octanol–water partition coefficient (Wildman–Crippen LogP) is 4.48. The molecule has 5 rings (SSSR count). The van der Waals surface area contributed by atoms with Crippen molar-refractivity contribution in [2.75, 3.05) is 0 Å². The number of aromatic amines is 1. The Morgan fingerprint density at radius 2 is 2.03 bits per heavy atom. The molecular formula is C23H23N5OS. The van der Waals surface area contributed by atoms with E-state index in [1.54, 1.807) is 0 Å². The van der Waals surface area contributed by atoms with Gasteiger partial charge in [-0.1, -0.05) is 42.1 Å². The second kappa shape index (κ2) is 7.65. The number of carbonyl (C=O) groups is 1. The van der Waals surface area contributed by atoms with Gasteiger partial charge in [-0.15, -0.1) is 10.2 Å². The number of H-pyrrole nitrogens is 1. The van der Waals surface area contributed by atoms with Crippen LogP contribution in [-0.2, 0) is 4.79 Å². The summed E-state index contributed by atoms with van der Waals surface area (Å²) in [5.41, 5.74) is 4.18. The molecule has 1 fully saturated rings. The normalized spacial score (nSPS) is 14.7. The maximum absolute atomic E-state index is 12.5. The van der Waals surface area contributed by atoms with Crippen LogP contribution in [0.1, 0.15) is 25.3 Å². The molecule has 1 saturated carbocycles. The second-order valence-electron chi connectivity index (χ2n) is 7.77. The van der Waals surface area contributed by atoms with E-state index in [0.717, 1.165) is 46.4 Å². The Kier molecular flexibility index (Phi) is 4.83. The van der Waals surface area contributed by atoms with Gasteiger partial charge in [-0.3, -0.25) is 9.36 Å². The number of rotatable bonds is 6. The van der Waals surface area contributed by atoms with Crippen molar-refractivity contribution in [2.24, 2.45) is 0 Å². The van der Waals surface area contributed by atoms with Gasteiger partial charge in [0.2, 0.25) is 5.91 Å². The van der Waals surface area contributed by atoms with E-state index in [-0.39, 0.29) is 11.2 Å². The number of nitrogens with one attached hydrogen (secondary N) is 2. The average molecular weight is 418 g/mol. The first-order valence-corrected chi connectivity index (χ1v) is 11.0. The Morgan fingerprint density at radius 3 is 2.83 bits per heavy atom. The summed E-state index contributed by atoms with van der Waals surface area (Å²) in [7, 11) is 0.